The van der Waals surface area contributed by atoms with Gasteiger partial charge < -0.3 is 10.1 Å². The summed E-state index contributed by atoms with van der Waals surface area (Å²) in [5.74, 6) is 0.608. The molecular formula is C22H29Cl3N2O6P+. The van der Waals surface area contributed by atoms with Crippen LogP contribution in [0, 0.1) is 10.1 Å². The molecule has 2 aromatic carbocycles. The summed E-state index contributed by atoms with van der Waals surface area (Å²) in [6.45, 7) is 7.58. The van der Waals surface area contributed by atoms with Crippen LogP contribution in [0.3, 0.4) is 0 Å². The Morgan fingerprint density at radius 2 is 1.53 bits per heavy atom. The summed E-state index contributed by atoms with van der Waals surface area (Å²) >= 11 is 17.9. The number of hydrogen-bond acceptors (Lipinski definition) is 7. The van der Waals surface area contributed by atoms with Gasteiger partial charge in [-0.15, -0.1) is 9.05 Å². The second kappa shape index (κ2) is 16.9. The van der Waals surface area contributed by atoms with Crippen LogP contribution in [0.5, 0.6) is 11.5 Å². The molecule has 188 valence electrons. The van der Waals surface area contributed by atoms with Crippen molar-refractivity contribution in [2.45, 2.75) is 46.5 Å². The third-order valence-electron chi connectivity index (χ3n) is 4.10. The lowest BCUT2D eigenvalue weighted by Crippen LogP contribution is -2.01. The van der Waals surface area contributed by atoms with E-state index >= 15 is 0 Å². The number of nitrogens with zero attached hydrogens (tertiary/aromatic N) is 1. The van der Waals surface area contributed by atoms with Crippen molar-refractivity contribution in [1.82, 2.24) is 0 Å². The second-order valence-electron chi connectivity index (χ2n) is 6.86. The summed E-state index contributed by atoms with van der Waals surface area (Å²) in [7, 11) is -1.85. The van der Waals surface area contributed by atoms with E-state index in [1.165, 1.54) is 30.3 Å². The van der Waals surface area contributed by atoms with Gasteiger partial charge in [-0.3, -0.25) is 10.1 Å². The van der Waals surface area contributed by atoms with Crippen LogP contribution in [0.2, 0.25) is 15.1 Å². The molecule has 2 rings (SSSR count). The van der Waals surface area contributed by atoms with Gasteiger partial charge in [0.25, 0.3) is 5.69 Å². The van der Waals surface area contributed by atoms with Gasteiger partial charge in [-0.1, -0.05) is 61.5 Å². The lowest BCUT2D eigenvalue weighted by atomic mass is 10.2. The highest BCUT2D eigenvalue weighted by molar-refractivity contribution is 7.33. The molecule has 0 amide bonds. The number of ether oxygens (including phenoxy) is 1. The summed E-state index contributed by atoms with van der Waals surface area (Å²) < 4.78 is 26.4. The van der Waals surface area contributed by atoms with Crippen molar-refractivity contribution in [1.29, 1.82) is 0 Å². The maximum Gasteiger partial charge on any atom is 0.697 e. The van der Waals surface area contributed by atoms with Crippen molar-refractivity contribution in [3.63, 3.8) is 0 Å². The summed E-state index contributed by atoms with van der Waals surface area (Å²) in [5.41, 5.74) is 0.314. The zero-order valence-electron chi connectivity index (χ0n) is 19.3. The van der Waals surface area contributed by atoms with Crippen molar-refractivity contribution < 1.29 is 23.3 Å². The Morgan fingerprint density at radius 3 is 2.00 bits per heavy atom. The average Bonchev–Trinajstić information content (AvgIpc) is 2.77. The molecule has 12 heteroatoms. The number of benzene rings is 2. The lowest BCUT2D eigenvalue weighted by molar-refractivity contribution is -0.384. The molecule has 0 fully saturated rings. The van der Waals surface area contributed by atoms with Gasteiger partial charge in [0.2, 0.25) is 0 Å². The largest absolute Gasteiger partial charge is 0.697 e. The van der Waals surface area contributed by atoms with Gasteiger partial charge in [0, 0.05) is 28.3 Å². The van der Waals surface area contributed by atoms with Crippen molar-refractivity contribution >= 4 is 54.4 Å². The van der Waals surface area contributed by atoms with E-state index < -0.39 is 13.2 Å². The maximum absolute atomic E-state index is 11.0. The smallest absolute Gasteiger partial charge is 0.454 e. The number of nitrogens with one attached hydrogen (secondary N) is 1. The second-order valence-corrected chi connectivity index (χ2v) is 9.08. The molecule has 0 unspecified atom stereocenters. The van der Waals surface area contributed by atoms with Crippen molar-refractivity contribution in [2.75, 3.05) is 25.1 Å². The summed E-state index contributed by atoms with van der Waals surface area (Å²) in [5, 5.41) is 14.8. The van der Waals surface area contributed by atoms with Gasteiger partial charge in [0.05, 0.1) is 15.0 Å². The van der Waals surface area contributed by atoms with E-state index in [1.54, 1.807) is 0 Å². The first-order chi connectivity index (χ1) is 16.2. The van der Waals surface area contributed by atoms with Gasteiger partial charge in [0.1, 0.15) is 24.7 Å². The van der Waals surface area contributed by atoms with E-state index in [-0.39, 0.29) is 21.5 Å². The average molecular weight is 555 g/mol. The highest BCUT2D eigenvalue weighted by Gasteiger charge is 2.18. The van der Waals surface area contributed by atoms with Crippen LogP contribution in [0.1, 0.15) is 46.5 Å². The number of nitro benzene ring substituents is 1. The zero-order chi connectivity index (χ0) is 25.5. The van der Waals surface area contributed by atoms with Gasteiger partial charge >= 0.3 is 8.25 Å². The third kappa shape index (κ3) is 11.2. The van der Waals surface area contributed by atoms with Gasteiger partial charge in [0.15, 0.2) is 5.75 Å². The van der Waals surface area contributed by atoms with E-state index in [2.05, 4.69) is 19.2 Å². The molecule has 0 saturated heterocycles. The number of hydrogen-bond donors (Lipinski definition) is 1. The van der Waals surface area contributed by atoms with Crippen molar-refractivity contribution in [2.24, 2.45) is 0 Å². The van der Waals surface area contributed by atoms with E-state index in [1.807, 2.05) is 6.92 Å². The Hall–Kier alpha value is -1.67. The predicted molar refractivity (Wildman–Crippen MR) is 138 cm³/mol. The fraction of sp³-hybridized carbons (Fsp3) is 0.455. The SMILES string of the molecule is CCCCO[P+](=O)OCCCC.CCNc1cc(Oc2c(Cl)cc(Cl)cc2Cl)ccc1[N+](=O)[O-]. The normalized spacial score (nSPS) is 10.3. The number of nitro groups is 1. The minimum absolute atomic E-state index is 0.0394. The molecule has 0 spiro atoms. The van der Waals surface area contributed by atoms with Crippen LogP contribution in [0.15, 0.2) is 30.3 Å². The summed E-state index contributed by atoms with van der Waals surface area (Å²) in [4.78, 5) is 10.5. The molecule has 0 atom stereocenters. The fourth-order valence-electron chi connectivity index (χ4n) is 2.42. The van der Waals surface area contributed by atoms with Crippen LogP contribution in [-0.4, -0.2) is 24.7 Å². The molecule has 0 aromatic heterocycles. The number of halogens is 3. The van der Waals surface area contributed by atoms with Crippen molar-refractivity contribution in [3.05, 3.63) is 55.5 Å². The number of rotatable bonds is 13. The minimum Gasteiger partial charge on any atom is -0.454 e. The highest BCUT2D eigenvalue weighted by atomic mass is 35.5. The van der Waals surface area contributed by atoms with Crippen LogP contribution in [-0.2, 0) is 13.6 Å². The molecule has 34 heavy (non-hydrogen) atoms. The monoisotopic (exact) mass is 553 g/mol. The molecule has 8 nitrogen and oxygen atoms in total. The first-order valence-corrected chi connectivity index (χ1v) is 13.0. The molecule has 0 aliphatic carbocycles. The van der Waals surface area contributed by atoms with E-state index in [0.717, 1.165) is 25.7 Å². The molecule has 0 aliphatic rings. The van der Waals surface area contributed by atoms with Gasteiger partial charge in [-0.25, -0.2) is 0 Å². The number of unbranched alkanes of at least 4 members (excludes halogenated alkanes) is 2. The van der Waals surface area contributed by atoms with Crippen LogP contribution >= 0.6 is 43.1 Å². The summed E-state index contributed by atoms with van der Waals surface area (Å²) in [6, 6.07) is 7.34. The van der Waals surface area contributed by atoms with Crippen molar-refractivity contribution in [3.8, 4) is 11.5 Å². The van der Waals surface area contributed by atoms with E-state index in [0.29, 0.717) is 36.2 Å². The van der Waals surface area contributed by atoms with Gasteiger partial charge in [-0.05, 0) is 38.0 Å². The third-order valence-corrected chi connectivity index (χ3v) is 5.67. The first kappa shape index (κ1) is 30.4. The summed E-state index contributed by atoms with van der Waals surface area (Å²) in [6.07, 6.45) is 3.99. The maximum atomic E-state index is 11.0. The molecule has 1 N–H and O–H groups in total. The van der Waals surface area contributed by atoms with Gasteiger partial charge in [-0.2, -0.15) is 0 Å². The van der Waals surface area contributed by atoms with E-state index in [9.17, 15) is 14.7 Å². The first-order valence-electron chi connectivity index (χ1n) is 10.8. The topological polar surface area (TPSA) is 99.9 Å². The number of anilines is 1. The Kier molecular flexibility index (Phi) is 15.1. The zero-order valence-corrected chi connectivity index (χ0v) is 22.5. The standard InChI is InChI=1S/C14H11Cl3N2O3.C8H18O3P/c1-2-18-12-7-9(3-4-13(12)19(20)21)22-14-10(16)5-8(15)6-11(14)17;1-3-5-7-10-12(9)11-8-6-4-2/h3-7,18H,2H2,1H3;3-8H2,1-2H3/q;+1. The highest BCUT2D eigenvalue weighted by Crippen LogP contribution is 2.40. The quantitative estimate of drug-likeness (QED) is 0.114. The molecule has 0 aliphatic heterocycles. The predicted octanol–water partition coefficient (Wildman–Crippen LogP) is 9.06. The molecule has 0 bridgehead atoms. The van der Waals surface area contributed by atoms with Crippen LogP contribution in [0.25, 0.3) is 0 Å². The molecule has 0 heterocycles. The van der Waals surface area contributed by atoms with Crippen LogP contribution in [0.4, 0.5) is 11.4 Å². The molecule has 0 radical (unpaired) electrons. The molecule has 0 saturated carbocycles. The fourth-order valence-corrected chi connectivity index (χ4v) is 3.94. The van der Waals surface area contributed by atoms with E-state index in [4.69, 9.17) is 48.6 Å². The minimum atomic E-state index is -1.85. The lowest BCUT2D eigenvalue weighted by Gasteiger charge is -2.12. The molecular weight excluding hydrogens is 526 g/mol. The Bertz CT molecular complexity index is 914. The Balaban J connectivity index is 0.000000411. The Morgan fingerprint density at radius 1 is 0.971 bits per heavy atom. The van der Waals surface area contributed by atoms with Crippen LogP contribution < -0.4 is 10.1 Å². The molecule has 2 aromatic rings. The Labute approximate surface area is 215 Å².